The van der Waals surface area contributed by atoms with E-state index in [1.165, 1.54) is 0 Å². The molecule has 0 aliphatic carbocycles. The smallest absolute Gasteiger partial charge is 0.225 e. The van der Waals surface area contributed by atoms with Gasteiger partial charge in [0.15, 0.2) is 0 Å². The molecule has 4 aromatic rings. The third-order valence-corrected chi connectivity index (χ3v) is 5.23. The lowest BCUT2D eigenvalue weighted by molar-refractivity contribution is 0.188. The number of aliphatic hydroxyl groups excluding tert-OH is 2. The molecule has 1 aromatic heterocycles. The summed E-state index contributed by atoms with van der Waals surface area (Å²) in [5, 5.41) is 28.2. The lowest BCUT2D eigenvalue weighted by Crippen LogP contribution is -2.24. The first-order valence-corrected chi connectivity index (χ1v) is 10.9. The molecule has 0 saturated carbocycles. The highest BCUT2D eigenvalue weighted by molar-refractivity contribution is 5.90. The van der Waals surface area contributed by atoms with Crippen molar-refractivity contribution in [1.29, 1.82) is 0 Å². The van der Waals surface area contributed by atoms with Gasteiger partial charge >= 0.3 is 0 Å². The fraction of sp³-hybridized carbons (Fsp3) is 0.231. The first-order valence-electron chi connectivity index (χ1n) is 10.9. The van der Waals surface area contributed by atoms with Gasteiger partial charge in [-0.25, -0.2) is 4.98 Å². The average molecular weight is 429 g/mol. The van der Waals surface area contributed by atoms with Crippen molar-refractivity contribution in [1.82, 2.24) is 9.97 Å². The summed E-state index contributed by atoms with van der Waals surface area (Å²) in [4.78, 5) is 9.18. The summed E-state index contributed by atoms with van der Waals surface area (Å²) in [6, 6.07) is 27.5. The zero-order valence-electron chi connectivity index (χ0n) is 17.9. The third kappa shape index (κ3) is 6.03. The molecule has 164 valence electrons. The number of hydrogen-bond acceptors (Lipinski definition) is 6. The van der Waals surface area contributed by atoms with E-state index in [0.29, 0.717) is 37.7 Å². The zero-order valence-corrected chi connectivity index (χ0v) is 17.9. The number of hydrogen-bond donors (Lipinski definition) is 4. The summed E-state index contributed by atoms with van der Waals surface area (Å²) >= 11 is 0. The highest BCUT2D eigenvalue weighted by Crippen LogP contribution is 2.22. The van der Waals surface area contributed by atoms with Gasteiger partial charge in [0.05, 0.1) is 17.7 Å². The minimum atomic E-state index is -0.559. The lowest BCUT2D eigenvalue weighted by atomic mass is 10.1. The fourth-order valence-corrected chi connectivity index (χ4v) is 3.63. The van der Waals surface area contributed by atoms with Gasteiger partial charge in [-0.15, -0.1) is 0 Å². The molecule has 0 saturated heterocycles. The average Bonchev–Trinajstić information content (AvgIpc) is 2.82. The monoisotopic (exact) mass is 428 g/mol. The minimum Gasteiger partial charge on any atom is -0.391 e. The van der Waals surface area contributed by atoms with E-state index < -0.39 is 12.2 Å². The predicted octanol–water partition coefficient (Wildman–Crippen LogP) is 3.66. The van der Waals surface area contributed by atoms with Gasteiger partial charge in [-0.1, -0.05) is 72.8 Å². The van der Waals surface area contributed by atoms with Crippen LogP contribution in [0, 0.1) is 0 Å². The van der Waals surface area contributed by atoms with Crippen LogP contribution in [0.25, 0.3) is 10.9 Å². The van der Waals surface area contributed by atoms with Crippen LogP contribution in [0.5, 0.6) is 0 Å². The van der Waals surface area contributed by atoms with Crippen LogP contribution in [0.15, 0.2) is 84.9 Å². The van der Waals surface area contributed by atoms with Gasteiger partial charge in [-0.05, 0) is 23.3 Å². The first-order chi connectivity index (χ1) is 15.7. The summed E-state index contributed by atoms with van der Waals surface area (Å²) in [6.07, 6.45) is 0.0121. The minimum absolute atomic E-state index is 0.337. The van der Waals surface area contributed by atoms with E-state index >= 15 is 0 Å². The van der Waals surface area contributed by atoms with E-state index in [0.717, 1.165) is 22.0 Å². The molecule has 0 amide bonds. The number of fused-ring (bicyclic) bond motifs is 1. The molecule has 2 unspecified atom stereocenters. The maximum absolute atomic E-state index is 10.5. The number of aliphatic hydroxyl groups is 2. The second-order valence-corrected chi connectivity index (χ2v) is 7.86. The van der Waals surface area contributed by atoms with Crippen molar-refractivity contribution >= 4 is 22.7 Å². The molecule has 4 rings (SSSR count). The van der Waals surface area contributed by atoms with Gasteiger partial charge in [0.1, 0.15) is 5.82 Å². The van der Waals surface area contributed by atoms with Gasteiger partial charge in [0, 0.05) is 31.3 Å². The Morgan fingerprint density at radius 3 is 1.78 bits per heavy atom. The summed E-state index contributed by atoms with van der Waals surface area (Å²) < 4.78 is 0. The van der Waals surface area contributed by atoms with Crippen LogP contribution in [-0.2, 0) is 12.8 Å². The van der Waals surface area contributed by atoms with Crippen LogP contribution in [-0.4, -0.2) is 45.5 Å². The molecule has 2 atom stereocenters. The molecule has 32 heavy (non-hydrogen) atoms. The van der Waals surface area contributed by atoms with Crippen LogP contribution < -0.4 is 10.6 Å². The molecule has 3 aromatic carbocycles. The van der Waals surface area contributed by atoms with Gasteiger partial charge in [-0.2, -0.15) is 4.98 Å². The number of anilines is 2. The molecule has 0 aliphatic heterocycles. The second kappa shape index (κ2) is 10.7. The van der Waals surface area contributed by atoms with Gasteiger partial charge in [0.2, 0.25) is 5.95 Å². The topological polar surface area (TPSA) is 90.3 Å². The summed E-state index contributed by atoms with van der Waals surface area (Å²) in [6.45, 7) is 0.704. The molecular weight excluding hydrogens is 400 g/mol. The summed E-state index contributed by atoms with van der Waals surface area (Å²) in [5.74, 6) is 1.10. The fourth-order valence-electron chi connectivity index (χ4n) is 3.63. The Morgan fingerprint density at radius 1 is 0.625 bits per heavy atom. The second-order valence-electron chi connectivity index (χ2n) is 7.86. The number of rotatable bonds is 10. The summed E-state index contributed by atoms with van der Waals surface area (Å²) in [5.41, 5.74) is 2.96. The highest BCUT2D eigenvalue weighted by atomic mass is 16.3. The SMILES string of the molecule is OC(CNc1nc(NCC(O)Cc2ccccc2)c2ccccc2n1)Cc1ccccc1. The number of nitrogens with one attached hydrogen (secondary N) is 2. The Morgan fingerprint density at radius 2 is 1.16 bits per heavy atom. The van der Waals surface area contributed by atoms with Crippen molar-refractivity contribution in [3.05, 3.63) is 96.1 Å². The molecular formula is C26H28N4O2. The molecule has 0 fully saturated rings. The largest absolute Gasteiger partial charge is 0.391 e. The van der Waals surface area contributed by atoms with Crippen molar-refractivity contribution in [3.8, 4) is 0 Å². The van der Waals surface area contributed by atoms with Crippen molar-refractivity contribution in [2.45, 2.75) is 25.0 Å². The molecule has 0 aliphatic rings. The van der Waals surface area contributed by atoms with E-state index in [1.54, 1.807) is 0 Å². The number of para-hydroxylation sites is 1. The molecule has 1 heterocycles. The Hall–Kier alpha value is -3.48. The number of benzene rings is 3. The van der Waals surface area contributed by atoms with Crippen LogP contribution in [0.3, 0.4) is 0 Å². The normalized spacial score (nSPS) is 12.9. The molecule has 6 nitrogen and oxygen atoms in total. The van der Waals surface area contributed by atoms with E-state index in [2.05, 4.69) is 20.6 Å². The quantitative estimate of drug-likeness (QED) is 0.308. The van der Waals surface area contributed by atoms with Gasteiger partial charge < -0.3 is 20.8 Å². The van der Waals surface area contributed by atoms with Gasteiger partial charge in [0.25, 0.3) is 0 Å². The standard InChI is InChI=1S/C26H28N4O2/c31-21(15-19-9-3-1-4-10-19)17-27-25-23-13-7-8-14-24(23)29-26(30-25)28-18-22(32)16-20-11-5-2-6-12-20/h1-14,21-22,31-32H,15-18H2,(H2,27,28,29,30). The molecule has 0 radical (unpaired) electrons. The number of nitrogens with zero attached hydrogens (tertiary/aromatic N) is 2. The van der Waals surface area contributed by atoms with E-state index in [4.69, 9.17) is 0 Å². The maximum atomic E-state index is 10.5. The summed E-state index contributed by atoms with van der Waals surface area (Å²) in [7, 11) is 0. The number of aromatic nitrogens is 2. The zero-order chi connectivity index (χ0) is 22.2. The predicted molar refractivity (Wildman–Crippen MR) is 129 cm³/mol. The van der Waals surface area contributed by atoms with E-state index in [1.807, 2.05) is 84.9 Å². The molecule has 4 N–H and O–H groups in total. The van der Waals surface area contributed by atoms with E-state index in [-0.39, 0.29) is 0 Å². The first kappa shape index (κ1) is 21.7. The third-order valence-electron chi connectivity index (χ3n) is 5.23. The van der Waals surface area contributed by atoms with Crippen molar-refractivity contribution in [2.24, 2.45) is 0 Å². The van der Waals surface area contributed by atoms with Crippen molar-refractivity contribution in [3.63, 3.8) is 0 Å². The van der Waals surface area contributed by atoms with Crippen LogP contribution in [0.4, 0.5) is 11.8 Å². The van der Waals surface area contributed by atoms with E-state index in [9.17, 15) is 10.2 Å². The molecule has 6 heteroatoms. The highest BCUT2D eigenvalue weighted by Gasteiger charge is 2.12. The molecule has 0 spiro atoms. The van der Waals surface area contributed by atoms with Gasteiger partial charge in [-0.3, -0.25) is 0 Å². The Kier molecular flexibility index (Phi) is 7.27. The van der Waals surface area contributed by atoms with Crippen LogP contribution in [0.2, 0.25) is 0 Å². The Labute approximate surface area is 188 Å². The van der Waals surface area contributed by atoms with Crippen molar-refractivity contribution in [2.75, 3.05) is 23.7 Å². The Balaban J connectivity index is 1.41. The van der Waals surface area contributed by atoms with Crippen LogP contribution >= 0.6 is 0 Å². The maximum Gasteiger partial charge on any atom is 0.225 e. The van der Waals surface area contributed by atoms with Crippen molar-refractivity contribution < 1.29 is 10.2 Å². The molecule has 0 bridgehead atoms. The van der Waals surface area contributed by atoms with Crippen LogP contribution in [0.1, 0.15) is 11.1 Å². The lowest BCUT2D eigenvalue weighted by Gasteiger charge is -2.16. The Bertz CT molecular complexity index is 1120.